The van der Waals surface area contributed by atoms with Crippen LogP contribution in [0.3, 0.4) is 0 Å². The largest absolute Gasteiger partial charge is 0.356 e. The molecule has 1 aromatic heterocycles. The molecule has 0 amide bonds. The first-order valence-corrected chi connectivity index (χ1v) is 5.71. The molecule has 5 heteroatoms. The molecule has 0 unspecified atom stereocenters. The van der Waals surface area contributed by atoms with Crippen LogP contribution in [0.15, 0.2) is 23.3 Å². The zero-order valence-corrected chi connectivity index (χ0v) is 13.4. The minimum atomic E-state index is 0. The highest BCUT2D eigenvalue weighted by atomic mass is 127. The van der Waals surface area contributed by atoms with E-state index < -0.39 is 0 Å². The summed E-state index contributed by atoms with van der Waals surface area (Å²) in [5.74, 6) is 0.947. The smallest absolute Gasteiger partial charge is 0.193 e. The van der Waals surface area contributed by atoms with Crippen LogP contribution in [0.4, 0.5) is 0 Å². The monoisotopic (exact) mass is 350 g/mol. The van der Waals surface area contributed by atoms with Gasteiger partial charge in [-0.1, -0.05) is 6.92 Å². The molecule has 0 bridgehead atoms. The van der Waals surface area contributed by atoms with E-state index in [4.69, 9.17) is 0 Å². The van der Waals surface area contributed by atoms with Crippen molar-refractivity contribution in [3.63, 3.8) is 0 Å². The van der Waals surface area contributed by atoms with E-state index in [2.05, 4.69) is 59.1 Å². The number of nitrogens with one attached hydrogen (secondary N) is 1. The molecule has 4 nitrogen and oxygen atoms in total. The second-order valence-electron chi connectivity index (χ2n) is 3.94. The topological polar surface area (TPSA) is 32.6 Å². The standard InChI is InChI=1S/C12H22N4.HI/c1-5-8-14-12(13-2)16(4)10-11-7-6-9-15(11)3;/h6-7,9H,5,8,10H2,1-4H3,(H,13,14);1H. The van der Waals surface area contributed by atoms with Crippen molar-refractivity contribution in [3.05, 3.63) is 24.0 Å². The van der Waals surface area contributed by atoms with Crippen LogP contribution in [0.2, 0.25) is 0 Å². The Balaban J connectivity index is 0.00000256. The number of guanidine groups is 1. The first-order valence-electron chi connectivity index (χ1n) is 5.71. The van der Waals surface area contributed by atoms with E-state index >= 15 is 0 Å². The zero-order chi connectivity index (χ0) is 12.0. The second-order valence-corrected chi connectivity index (χ2v) is 3.94. The zero-order valence-electron chi connectivity index (χ0n) is 11.1. The van der Waals surface area contributed by atoms with E-state index in [1.54, 1.807) is 0 Å². The minimum Gasteiger partial charge on any atom is -0.356 e. The lowest BCUT2D eigenvalue weighted by atomic mass is 10.4. The Morgan fingerprint density at radius 1 is 1.53 bits per heavy atom. The van der Waals surface area contributed by atoms with E-state index in [-0.39, 0.29) is 24.0 Å². The molecule has 17 heavy (non-hydrogen) atoms. The van der Waals surface area contributed by atoms with Gasteiger partial charge in [0.25, 0.3) is 0 Å². The van der Waals surface area contributed by atoms with Gasteiger partial charge >= 0.3 is 0 Å². The first kappa shape index (κ1) is 16.3. The summed E-state index contributed by atoms with van der Waals surface area (Å²) in [6.45, 7) is 3.98. The van der Waals surface area contributed by atoms with Crippen molar-refractivity contribution in [2.75, 3.05) is 20.6 Å². The van der Waals surface area contributed by atoms with Crippen molar-refractivity contribution in [1.82, 2.24) is 14.8 Å². The minimum absolute atomic E-state index is 0. The lowest BCUT2D eigenvalue weighted by molar-refractivity contribution is 0.462. The van der Waals surface area contributed by atoms with Crippen LogP contribution in [0.5, 0.6) is 0 Å². The summed E-state index contributed by atoms with van der Waals surface area (Å²) in [6, 6.07) is 4.19. The molecule has 0 saturated heterocycles. The van der Waals surface area contributed by atoms with Crippen LogP contribution in [0.1, 0.15) is 19.0 Å². The third-order valence-electron chi connectivity index (χ3n) is 2.56. The van der Waals surface area contributed by atoms with Crippen LogP contribution in [0.25, 0.3) is 0 Å². The Bertz CT molecular complexity index is 346. The van der Waals surface area contributed by atoms with Crippen molar-refractivity contribution < 1.29 is 0 Å². The molecule has 0 atom stereocenters. The van der Waals surface area contributed by atoms with Crippen molar-refractivity contribution in [2.24, 2.45) is 12.0 Å². The molecule has 0 radical (unpaired) electrons. The molecule has 1 N–H and O–H groups in total. The van der Waals surface area contributed by atoms with Gasteiger partial charge in [0.15, 0.2) is 5.96 Å². The fourth-order valence-corrected chi connectivity index (χ4v) is 1.60. The highest BCUT2D eigenvalue weighted by Gasteiger charge is 2.06. The summed E-state index contributed by atoms with van der Waals surface area (Å²) in [6.07, 6.45) is 3.17. The SMILES string of the molecule is CCCNC(=NC)N(C)Cc1cccn1C.I. The molecule has 0 aliphatic heterocycles. The van der Waals surface area contributed by atoms with Gasteiger partial charge < -0.3 is 14.8 Å². The molecule has 0 aliphatic carbocycles. The van der Waals surface area contributed by atoms with Gasteiger partial charge in [0.05, 0.1) is 6.54 Å². The number of aliphatic imine (C=N–C) groups is 1. The van der Waals surface area contributed by atoms with Gasteiger partial charge in [0.2, 0.25) is 0 Å². The predicted molar refractivity (Wildman–Crippen MR) is 83.9 cm³/mol. The van der Waals surface area contributed by atoms with E-state index in [1.807, 2.05) is 7.05 Å². The van der Waals surface area contributed by atoms with Gasteiger partial charge in [-0.15, -0.1) is 24.0 Å². The molecule has 0 aliphatic rings. The molecular formula is C12H23IN4. The maximum atomic E-state index is 4.26. The molecule has 0 fully saturated rings. The predicted octanol–water partition coefficient (Wildman–Crippen LogP) is 2.06. The Morgan fingerprint density at radius 2 is 2.24 bits per heavy atom. The van der Waals surface area contributed by atoms with E-state index in [0.29, 0.717) is 0 Å². The molecule has 0 aromatic carbocycles. The van der Waals surface area contributed by atoms with Gasteiger partial charge in [0.1, 0.15) is 0 Å². The Morgan fingerprint density at radius 3 is 2.71 bits per heavy atom. The van der Waals surface area contributed by atoms with Crippen LogP contribution >= 0.6 is 24.0 Å². The number of halogens is 1. The maximum Gasteiger partial charge on any atom is 0.193 e. The number of nitrogens with zero attached hydrogens (tertiary/aromatic N) is 3. The summed E-state index contributed by atoms with van der Waals surface area (Å²) in [7, 11) is 5.93. The Hall–Kier alpha value is -0.720. The quantitative estimate of drug-likeness (QED) is 0.512. The maximum absolute atomic E-state index is 4.26. The van der Waals surface area contributed by atoms with Crippen molar-refractivity contribution in [1.29, 1.82) is 0 Å². The highest BCUT2D eigenvalue weighted by Crippen LogP contribution is 2.03. The average molecular weight is 350 g/mol. The molecule has 1 aromatic rings. The number of rotatable bonds is 4. The lowest BCUT2D eigenvalue weighted by Crippen LogP contribution is -2.39. The average Bonchev–Trinajstić information content (AvgIpc) is 2.65. The molecule has 1 heterocycles. The van der Waals surface area contributed by atoms with Gasteiger partial charge in [-0.05, 0) is 18.6 Å². The van der Waals surface area contributed by atoms with Gasteiger partial charge in [0, 0.05) is 39.6 Å². The summed E-state index contributed by atoms with van der Waals surface area (Å²) in [5, 5.41) is 3.32. The van der Waals surface area contributed by atoms with Gasteiger partial charge in [-0.3, -0.25) is 4.99 Å². The molecule has 0 spiro atoms. The number of aromatic nitrogens is 1. The third-order valence-corrected chi connectivity index (χ3v) is 2.56. The normalized spacial score (nSPS) is 10.9. The van der Waals surface area contributed by atoms with Crippen LogP contribution in [-0.2, 0) is 13.6 Å². The summed E-state index contributed by atoms with van der Waals surface area (Å²) in [5.41, 5.74) is 1.28. The third kappa shape index (κ3) is 4.97. The lowest BCUT2D eigenvalue weighted by Gasteiger charge is -2.22. The molecular weight excluding hydrogens is 327 g/mol. The number of hydrogen-bond donors (Lipinski definition) is 1. The van der Waals surface area contributed by atoms with Crippen LogP contribution in [-0.4, -0.2) is 36.1 Å². The van der Waals surface area contributed by atoms with Gasteiger partial charge in [-0.2, -0.15) is 0 Å². The number of hydrogen-bond acceptors (Lipinski definition) is 1. The summed E-state index contributed by atoms with van der Waals surface area (Å²) in [4.78, 5) is 6.39. The van der Waals surface area contributed by atoms with E-state index in [1.165, 1.54) is 5.69 Å². The first-order chi connectivity index (χ1) is 7.69. The van der Waals surface area contributed by atoms with E-state index in [9.17, 15) is 0 Å². The van der Waals surface area contributed by atoms with Crippen LogP contribution in [0, 0.1) is 0 Å². The van der Waals surface area contributed by atoms with Crippen molar-refractivity contribution in [2.45, 2.75) is 19.9 Å². The van der Waals surface area contributed by atoms with Crippen LogP contribution < -0.4 is 5.32 Å². The van der Waals surface area contributed by atoms with Gasteiger partial charge in [-0.25, -0.2) is 0 Å². The Labute approximate surface area is 121 Å². The molecule has 0 saturated carbocycles. The van der Waals surface area contributed by atoms with E-state index in [0.717, 1.165) is 25.5 Å². The molecule has 98 valence electrons. The number of aryl methyl sites for hydroxylation is 1. The summed E-state index contributed by atoms with van der Waals surface area (Å²) < 4.78 is 2.13. The van der Waals surface area contributed by atoms with Crippen molar-refractivity contribution in [3.8, 4) is 0 Å². The van der Waals surface area contributed by atoms with Crippen molar-refractivity contribution >= 4 is 29.9 Å². The molecule has 1 rings (SSSR count). The Kier molecular flexibility index (Phi) is 8.03. The second kappa shape index (κ2) is 8.38. The summed E-state index contributed by atoms with van der Waals surface area (Å²) >= 11 is 0. The fourth-order valence-electron chi connectivity index (χ4n) is 1.60. The fraction of sp³-hybridized carbons (Fsp3) is 0.583. The highest BCUT2D eigenvalue weighted by molar-refractivity contribution is 14.0.